The topological polar surface area (TPSA) is 76.8 Å². The highest BCUT2D eigenvalue weighted by Gasteiger charge is 2.41. The first-order chi connectivity index (χ1) is 12.8. The number of hydrogen-bond donors (Lipinski definition) is 2. The Hall–Kier alpha value is -2.64. The Morgan fingerprint density at radius 3 is 2.41 bits per heavy atom. The van der Waals surface area contributed by atoms with E-state index in [4.69, 9.17) is 0 Å². The van der Waals surface area contributed by atoms with Crippen molar-refractivity contribution in [2.24, 2.45) is 0 Å². The molecule has 4 rings (SSSR count). The van der Waals surface area contributed by atoms with Gasteiger partial charge in [-0.1, -0.05) is 12.1 Å². The molecule has 2 aromatic heterocycles. The van der Waals surface area contributed by atoms with Crippen LogP contribution in [0.3, 0.4) is 0 Å². The van der Waals surface area contributed by atoms with Crippen molar-refractivity contribution in [2.45, 2.75) is 24.9 Å². The number of carbonyl (C=O) groups is 1. The number of piperidine rings is 1. The van der Waals surface area contributed by atoms with Gasteiger partial charge >= 0.3 is 0 Å². The minimum Gasteiger partial charge on any atom is -0.350 e. The maximum atomic E-state index is 13.0. The second-order valence-electron chi connectivity index (χ2n) is 6.53. The number of rotatable bonds is 5. The van der Waals surface area contributed by atoms with Crippen LogP contribution in [0.2, 0.25) is 0 Å². The fraction of sp³-hybridized carbons (Fsp3) is 0.316. The highest BCUT2D eigenvalue weighted by atomic mass is 35.5. The van der Waals surface area contributed by atoms with Crippen molar-refractivity contribution in [3.8, 4) is 5.69 Å². The predicted octanol–water partition coefficient (Wildman–Crippen LogP) is 1.89. The minimum atomic E-state index is -0.607. The van der Waals surface area contributed by atoms with E-state index < -0.39 is 5.54 Å². The first-order valence-corrected chi connectivity index (χ1v) is 8.86. The highest BCUT2D eigenvalue weighted by molar-refractivity contribution is 5.85. The molecule has 1 fully saturated rings. The zero-order chi connectivity index (χ0) is 17.8. The SMILES string of the molecule is Cl.O=C(NCc1ccc(-n2cccn2)cc1)C1(n2cccn2)CCNCC1. The van der Waals surface area contributed by atoms with Gasteiger partial charge in [-0.15, -0.1) is 12.4 Å². The molecule has 7 nitrogen and oxygen atoms in total. The summed E-state index contributed by atoms with van der Waals surface area (Å²) in [6, 6.07) is 11.8. The maximum absolute atomic E-state index is 13.0. The van der Waals surface area contributed by atoms with Gasteiger partial charge in [-0.3, -0.25) is 9.48 Å². The van der Waals surface area contributed by atoms with Crippen molar-refractivity contribution in [2.75, 3.05) is 13.1 Å². The molecular weight excluding hydrogens is 364 g/mol. The van der Waals surface area contributed by atoms with Crippen LogP contribution in [0.15, 0.2) is 61.2 Å². The molecule has 1 aliphatic heterocycles. The lowest BCUT2D eigenvalue weighted by Crippen LogP contribution is -2.54. The van der Waals surface area contributed by atoms with Gasteiger partial charge in [0.05, 0.1) is 5.69 Å². The summed E-state index contributed by atoms with van der Waals surface area (Å²) in [6.07, 6.45) is 8.73. The number of halogens is 1. The summed E-state index contributed by atoms with van der Waals surface area (Å²) in [5.74, 6) is 0.0267. The molecule has 1 amide bonds. The molecular formula is C19H23ClN6O. The minimum absolute atomic E-state index is 0. The molecule has 3 heterocycles. The Morgan fingerprint density at radius 1 is 1.07 bits per heavy atom. The molecule has 8 heteroatoms. The number of amides is 1. The van der Waals surface area contributed by atoms with Crippen molar-refractivity contribution in [3.63, 3.8) is 0 Å². The number of carbonyl (C=O) groups excluding carboxylic acids is 1. The Morgan fingerprint density at radius 2 is 1.78 bits per heavy atom. The molecule has 0 unspecified atom stereocenters. The van der Waals surface area contributed by atoms with Crippen LogP contribution in [0.5, 0.6) is 0 Å². The van der Waals surface area contributed by atoms with Crippen molar-refractivity contribution >= 4 is 18.3 Å². The van der Waals surface area contributed by atoms with Gasteiger partial charge in [-0.05, 0) is 55.8 Å². The van der Waals surface area contributed by atoms with Crippen LogP contribution in [0.4, 0.5) is 0 Å². The monoisotopic (exact) mass is 386 g/mol. The lowest BCUT2D eigenvalue weighted by atomic mass is 9.87. The van der Waals surface area contributed by atoms with Gasteiger partial charge in [-0.25, -0.2) is 4.68 Å². The number of nitrogens with zero attached hydrogens (tertiary/aromatic N) is 4. The number of benzene rings is 1. The molecule has 0 atom stereocenters. The zero-order valence-corrected chi connectivity index (χ0v) is 15.7. The maximum Gasteiger partial charge on any atom is 0.248 e. The standard InChI is InChI=1S/C19H22N6O.ClH/c26-18(19(7-11-20-12-8-19)25-14-2-10-23-25)21-15-16-3-5-17(6-4-16)24-13-1-9-22-24;/h1-6,9-10,13-14,20H,7-8,11-12,15H2,(H,21,26);1H. The van der Waals surface area contributed by atoms with Gasteiger partial charge in [0.25, 0.3) is 0 Å². The molecule has 142 valence electrons. The molecule has 3 aromatic rings. The van der Waals surface area contributed by atoms with Gasteiger partial charge < -0.3 is 10.6 Å². The molecule has 0 spiro atoms. The summed E-state index contributed by atoms with van der Waals surface area (Å²) >= 11 is 0. The summed E-state index contributed by atoms with van der Waals surface area (Å²) in [4.78, 5) is 13.0. The smallest absolute Gasteiger partial charge is 0.248 e. The van der Waals surface area contributed by atoms with E-state index in [1.165, 1.54) is 0 Å². The van der Waals surface area contributed by atoms with E-state index in [1.54, 1.807) is 12.4 Å². The molecule has 1 saturated heterocycles. The first kappa shape index (κ1) is 19.1. The Balaban J connectivity index is 0.00000210. The summed E-state index contributed by atoms with van der Waals surface area (Å²) in [7, 11) is 0. The van der Waals surface area contributed by atoms with Gasteiger partial charge in [0.15, 0.2) is 0 Å². The molecule has 0 bridgehead atoms. The Kier molecular flexibility index (Phi) is 5.93. The number of aromatic nitrogens is 4. The second kappa shape index (κ2) is 8.37. The van der Waals surface area contributed by atoms with Crippen LogP contribution >= 0.6 is 12.4 Å². The fourth-order valence-corrected chi connectivity index (χ4v) is 3.46. The van der Waals surface area contributed by atoms with E-state index in [1.807, 2.05) is 58.2 Å². The molecule has 27 heavy (non-hydrogen) atoms. The van der Waals surface area contributed by atoms with Gasteiger partial charge in [0.2, 0.25) is 5.91 Å². The summed E-state index contributed by atoms with van der Waals surface area (Å²) in [5.41, 5.74) is 1.44. The van der Waals surface area contributed by atoms with Crippen LogP contribution < -0.4 is 10.6 Å². The quantitative estimate of drug-likeness (QED) is 0.702. The van der Waals surface area contributed by atoms with E-state index in [0.717, 1.165) is 37.2 Å². The summed E-state index contributed by atoms with van der Waals surface area (Å²) in [6.45, 7) is 2.12. The molecule has 1 aromatic carbocycles. The Labute approximate surface area is 164 Å². The average Bonchev–Trinajstić information content (AvgIpc) is 3.41. The van der Waals surface area contributed by atoms with Crippen LogP contribution in [0, 0.1) is 0 Å². The number of nitrogens with one attached hydrogen (secondary N) is 2. The molecule has 2 N–H and O–H groups in total. The largest absolute Gasteiger partial charge is 0.350 e. The van der Waals surface area contributed by atoms with Crippen LogP contribution in [0.25, 0.3) is 5.69 Å². The van der Waals surface area contributed by atoms with Crippen molar-refractivity contribution in [1.29, 1.82) is 0 Å². The van der Waals surface area contributed by atoms with Gasteiger partial charge in [0.1, 0.15) is 5.54 Å². The third kappa shape index (κ3) is 3.89. The highest BCUT2D eigenvalue weighted by Crippen LogP contribution is 2.27. The van der Waals surface area contributed by atoms with E-state index >= 15 is 0 Å². The second-order valence-corrected chi connectivity index (χ2v) is 6.53. The summed E-state index contributed by atoms with van der Waals surface area (Å²) < 4.78 is 3.62. The Bertz CT molecular complexity index is 839. The zero-order valence-electron chi connectivity index (χ0n) is 14.9. The third-order valence-electron chi connectivity index (χ3n) is 4.95. The third-order valence-corrected chi connectivity index (χ3v) is 4.95. The molecule has 0 radical (unpaired) electrons. The molecule has 0 saturated carbocycles. The van der Waals surface area contributed by atoms with Gasteiger partial charge in [0, 0.05) is 31.3 Å². The molecule has 1 aliphatic rings. The summed E-state index contributed by atoms with van der Waals surface area (Å²) in [5, 5.41) is 15.0. The van der Waals surface area contributed by atoms with E-state index in [9.17, 15) is 4.79 Å². The van der Waals surface area contributed by atoms with Crippen molar-refractivity contribution < 1.29 is 4.79 Å². The average molecular weight is 387 g/mol. The molecule has 0 aliphatic carbocycles. The number of hydrogen-bond acceptors (Lipinski definition) is 4. The van der Waals surface area contributed by atoms with E-state index in [0.29, 0.717) is 6.54 Å². The fourth-order valence-electron chi connectivity index (χ4n) is 3.46. The van der Waals surface area contributed by atoms with E-state index in [2.05, 4.69) is 20.8 Å². The predicted molar refractivity (Wildman–Crippen MR) is 105 cm³/mol. The van der Waals surface area contributed by atoms with Crippen LogP contribution in [-0.2, 0) is 16.9 Å². The van der Waals surface area contributed by atoms with Crippen molar-refractivity contribution in [1.82, 2.24) is 30.2 Å². The normalized spacial score (nSPS) is 15.7. The van der Waals surface area contributed by atoms with Crippen LogP contribution in [0.1, 0.15) is 18.4 Å². The lowest BCUT2D eigenvalue weighted by molar-refractivity contribution is -0.132. The van der Waals surface area contributed by atoms with E-state index in [-0.39, 0.29) is 18.3 Å². The van der Waals surface area contributed by atoms with Gasteiger partial charge in [-0.2, -0.15) is 10.2 Å². The lowest BCUT2D eigenvalue weighted by Gasteiger charge is -2.36. The first-order valence-electron chi connectivity index (χ1n) is 8.86. The van der Waals surface area contributed by atoms with Crippen LogP contribution in [-0.4, -0.2) is 38.6 Å². The van der Waals surface area contributed by atoms with Crippen molar-refractivity contribution in [3.05, 3.63) is 66.7 Å².